The van der Waals surface area contributed by atoms with Gasteiger partial charge < -0.3 is 19.4 Å². The third kappa shape index (κ3) is 5.27. The molecule has 2 aromatic rings. The van der Waals surface area contributed by atoms with E-state index >= 15 is 0 Å². The molecule has 4 rings (SSSR count). The highest BCUT2D eigenvalue weighted by molar-refractivity contribution is 5.77. The maximum absolute atomic E-state index is 12.5. The minimum Gasteiger partial charge on any atom is -0.367 e. The smallest absolute Gasteiger partial charge is 0.248 e. The number of anilines is 2. The van der Waals surface area contributed by atoms with Gasteiger partial charge in [0.15, 0.2) is 0 Å². The number of benzene rings is 1. The summed E-state index contributed by atoms with van der Waals surface area (Å²) in [5.74, 6) is 1.86. The molecule has 2 saturated heterocycles. The van der Waals surface area contributed by atoms with Crippen molar-refractivity contribution in [2.24, 2.45) is 0 Å². The van der Waals surface area contributed by atoms with Gasteiger partial charge in [-0.2, -0.15) is 4.98 Å². The summed E-state index contributed by atoms with van der Waals surface area (Å²) in [6.45, 7) is 7.58. The summed E-state index contributed by atoms with van der Waals surface area (Å²) >= 11 is 0. The van der Waals surface area contributed by atoms with Crippen LogP contribution in [0.4, 0.5) is 11.8 Å². The monoisotopic (exact) mass is 409 g/mol. The molecule has 7 heteroatoms. The molecule has 0 N–H and O–H groups in total. The number of carbonyl (C=O) groups is 1. The van der Waals surface area contributed by atoms with Crippen LogP contribution in [0.3, 0.4) is 0 Å². The number of amides is 1. The fourth-order valence-corrected chi connectivity index (χ4v) is 4.04. The van der Waals surface area contributed by atoms with Gasteiger partial charge in [-0.25, -0.2) is 4.98 Å². The Morgan fingerprint density at radius 3 is 2.40 bits per heavy atom. The van der Waals surface area contributed by atoms with E-state index in [9.17, 15) is 4.79 Å². The highest BCUT2D eigenvalue weighted by atomic mass is 16.5. The second-order valence-corrected chi connectivity index (χ2v) is 8.06. The molecule has 2 fully saturated rings. The zero-order valence-corrected chi connectivity index (χ0v) is 17.8. The molecule has 0 saturated carbocycles. The van der Waals surface area contributed by atoms with Crippen LogP contribution in [0.15, 0.2) is 36.4 Å². The van der Waals surface area contributed by atoms with Crippen LogP contribution in [0.25, 0.3) is 0 Å². The summed E-state index contributed by atoms with van der Waals surface area (Å²) in [6.07, 6.45) is 3.76. The maximum atomic E-state index is 12.5. The van der Waals surface area contributed by atoms with Gasteiger partial charge in [-0.3, -0.25) is 4.79 Å². The number of hydrogen-bond donors (Lipinski definition) is 0. The molecule has 0 spiro atoms. The van der Waals surface area contributed by atoms with Crippen LogP contribution in [-0.4, -0.2) is 66.7 Å². The first-order valence-electron chi connectivity index (χ1n) is 10.9. The lowest BCUT2D eigenvalue weighted by atomic mass is 10.1. The van der Waals surface area contributed by atoms with E-state index in [1.807, 2.05) is 42.2 Å². The van der Waals surface area contributed by atoms with Gasteiger partial charge in [-0.1, -0.05) is 30.3 Å². The molecule has 3 heterocycles. The Balaban J connectivity index is 1.28. The Hall–Kier alpha value is -2.67. The van der Waals surface area contributed by atoms with E-state index in [0.717, 1.165) is 49.2 Å². The average Bonchev–Trinajstić information content (AvgIpc) is 2.80. The molecule has 0 radical (unpaired) electrons. The van der Waals surface area contributed by atoms with Crippen molar-refractivity contribution in [2.75, 3.05) is 55.7 Å². The molecule has 1 amide bonds. The number of piperidine rings is 1. The first-order chi connectivity index (χ1) is 14.7. The number of piperazine rings is 1. The van der Waals surface area contributed by atoms with Crippen LogP contribution in [0.5, 0.6) is 0 Å². The highest BCUT2D eigenvalue weighted by Gasteiger charge is 2.24. The van der Waals surface area contributed by atoms with Crippen molar-refractivity contribution in [1.29, 1.82) is 0 Å². The standard InChI is InChI=1S/C23H31N5O2/c1-19-16-21(26-10-6-3-7-11-26)25-23(24-19)28-14-12-27(13-15-28)22(29)18-30-17-20-8-4-2-5-9-20/h2,4-5,8-9,16H,3,6-7,10-15,17-18H2,1H3. The molecule has 160 valence electrons. The van der Waals surface area contributed by atoms with Crippen molar-refractivity contribution in [1.82, 2.24) is 14.9 Å². The van der Waals surface area contributed by atoms with Crippen molar-refractivity contribution >= 4 is 17.7 Å². The van der Waals surface area contributed by atoms with E-state index in [-0.39, 0.29) is 12.5 Å². The molecule has 7 nitrogen and oxygen atoms in total. The normalized spacial score (nSPS) is 17.3. The third-order valence-electron chi connectivity index (χ3n) is 5.76. The van der Waals surface area contributed by atoms with E-state index in [2.05, 4.69) is 20.9 Å². The van der Waals surface area contributed by atoms with Crippen LogP contribution in [-0.2, 0) is 16.1 Å². The summed E-state index contributed by atoms with van der Waals surface area (Å²) in [6, 6.07) is 12.0. The van der Waals surface area contributed by atoms with Crippen molar-refractivity contribution in [3.8, 4) is 0 Å². The average molecular weight is 410 g/mol. The van der Waals surface area contributed by atoms with Crippen LogP contribution in [0, 0.1) is 6.92 Å². The Labute approximate surface area is 178 Å². The Morgan fingerprint density at radius 1 is 0.933 bits per heavy atom. The molecular weight excluding hydrogens is 378 g/mol. The number of nitrogens with zero attached hydrogens (tertiary/aromatic N) is 5. The molecular formula is C23H31N5O2. The van der Waals surface area contributed by atoms with Crippen molar-refractivity contribution in [3.05, 3.63) is 47.7 Å². The number of rotatable bonds is 6. The molecule has 2 aliphatic heterocycles. The minimum absolute atomic E-state index is 0.0461. The van der Waals surface area contributed by atoms with Gasteiger partial charge in [0.2, 0.25) is 11.9 Å². The van der Waals surface area contributed by atoms with Crippen molar-refractivity contribution in [3.63, 3.8) is 0 Å². The predicted molar refractivity (Wildman–Crippen MR) is 118 cm³/mol. The zero-order valence-electron chi connectivity index (χ0n) is 17.8. The van der Waals surface area contributed by atoms with E-state index < -0.39 is 0 Å². The number of hydrogen-bond acceptors (Lipinski definition) is 6. The summed E-state index contributed by atoms with van der Waals surface area (Å²) in [4.78, 5) is 28.4. The summed E-state index contributed by atoms with van der Waals surface area (Å²) < 4.78 is 5.61. The van der Waals surface area contributed by atoms with E-state index in [1.165, 1.54) is 19.3 Å². The second kappa shape index (κ2) is 9.89. The van der Waals surface area contributed by atoms with Crippen LogP contribution >= 0.6 is 0 Å². The molecule has 0 atom stereocenters. The van der Waals surface area contributed by atoms with Gasteiger partial charge in [0.1, 0.15) is 12.4 Å². The van der Waals surface area contributed by atoms with Gasteiger partial charge in [0.25, 0.3) is 0 Å². The second-order valence-electron chi connectivity index (χ2n) is 8.06. The molecule has 30 heavy (non-hydrogen) atoms. The van der Waals surface area contributed by atoms with E-state index in [1.54, 1.807) is 0 Å². The van der Waals surface area contributed by atoms with Crippen LogP contribution in [0.2, 0.25) is 0 Å². The molecule has 2 aliphatic rings. The van der Waals surface area contributed by atoms with Gasteiger partial charge in [-0.05, 0) is 31.7 Å². The first-order valence-corrected chi connectivity index (χ1v) is 10.9. The lowest BCUT2D eigenvalue weighted by Crippen LogP contribution is -2.50. The Kier molecular flexibility index (Phi) is 6.79. The highest BCUT2D eigenvalue weighted by Crippen LogP contribution is 2.22. The van der Waals surface area contributed by atoms with Crippen molar-refractivity contribution in [2.45, 2.75) is 32.8 Å². The number of aromatic nitrogens is 2. The summed E-state index contributed by atoms with van der Waals surface area (Å²) in [5.41, 5.74) is 2.07. The lowest BCUT2D eigenvalue weighted by molar-refractivity contribution is -0.136. The largest absolute Gasteiger partial charge is 0.367 e. The van der Waals surface area contributed by atoms with Gasteiger partial charge in [0.05, 0.1) is 6.61 Å². The van der Waals surface area contributed by atoms with E-state index in [4.69, 9.17) is 9.72 Å². The Morgan fingerprint density at radius 2 is 1.67 bits per heavy atom. The number of carbonyl (C=O) groups excluding carboxylic acids is 1. The van der Waals surface area contributed by atoms with Gasteiger partial charge in [0, 0.05) is 51.0 Å². The summed E-state index contributed by atoms with van der Waals surface area (Å²) in [5, 5.41) is 0. The number of aryl methyl sites for hydroxylation is 1. The first kappa shape index (κ1) is 20.6. The fraction of sp³-hybridized carbons (Fsp3) is 0.522. The predicted octanol–water partition coefficient (Wildman–Crippen LogP) is 2.64. The molecule has 1 aromatic carbocycles. The summed E-state index contributed by atoms with van der Waals surface area (Å²) in [7, 11) is 0. The number of ether oxygens (including phenoxy) is 1. The SMILES string of the molecule is Cc1cc(N2CCCCC2)nc(N2CCN(C(=O)COCc3ccccc3)CC2)n1. The van der Waals surface area contributed by atoms with Crippen LogP contribution < -0.4 is 9.80 Å². The molecule has 0 unspecified atom stereocenters. The van der Waals surface area contributed by atoms with Crippen molar-refractivity contribution < 1.29 is 9.53 Å². The minimum atomic E-state index is 0.0461. The van der Waals surface area contributed by atoms with Gasteiger partial charge >= 0.3 is 0 Å². The lowest BCUT2D eigenvalue weighted by Gasteiger charge is -2.35. The molecule has 1 aromatic heterocycles. The van der Waals surface area contributed by atoms with Gasteiger partial charge in [-0.15, -0.1) is 0 Å². The third-order valence-corrected chi connectivity index (χ3v) is 5.76. The van der Waals surface area contributed by atoms with Crippen LogP contribution in [0.1, 0.15) is 30.5 Å². The van der Waals surface area contributed by atoms with E-state index in [0.29, 0.717) is 19.7 Å². The molecule has 0 bridgehead atoms. The maximum Gasteiger partial charge on any atom is 0.248 e. The quantitative estimate of drug-likeness (QED) is 0.731. The molecule has 0 aliphatic carbocycles. The zero-order chi connectivity index (χ0) is 20.8. The Bertz CT molecular complexity index is 831. The topological polar surface area (TPSA) is 61.8 Å². The fourth-order valence-electron chi connectivity index (χ4n) is 4.04.